The van der Waals surface area contributed by atoms with Crippen LogP contribution in [0.2, 0.25) is 0 Å². The van der Waals surface area contributed by atoms with Crippen LogP contribution in [0.3, 0.4) is 0 Å². The first-order chi connectivity index (χ1) is 30.1. The summed E-state index contributed by atoms with van der Waals surface area (Å²) < 4.78 is 62.6. The van der Waals surface area contributed by atoms with Gasteiger partial charge in [0.1, 0.15) is 25.6 Å². The lowest BCUT2D eigenvalue weighted by molar-refractivity contribution is -0.131. The summed E-state index contributed by atoms with van der Waals surface area (Å²) in [5.41, 5.74) is 0.598. The third kappa shape index (κ3) is 37.0. The standard InChI is InChI=1S/C35H54N7O15P.2C2H6/c1-58(46,47)57-31-4-2-30(3-5-31)24-32(35(45)41-8-11-50-14-17-53-20-23-56-29-38)42(25-33(43)39-6-9-48-12-15-51-18-21-54-27-36)26-34(44)40-7-10-49-13-16-52-19-22-55-28-37;2*1-2/h2-5,32H,6-26H2,1H3,(H,39,43)(H,40,44)(H,41,45)(H,46,47);2*1-2H3. The van der Waals surface area contributed by atoms with Crippen LogP contribution >= 0.6 is 7.60 Å². The molecule has 352 valence electrons. The van der Waals surface area contributed by atoms with Gasteiger partial charge in [0.15, 0.2) is 0 Å². The number of amides is 3. The molecule has 22 nitrogen and oxygen atoms in total. The molecule has 4 N–H and O–H groups in total. The summed E-state index contributed by atoms with van der Waals surface area (Å²) in [7, 11) is -3.83. The predicted octanol–water partition coefficient (Wildman–Crippen LogP) is 1.09. The molecule has 3 amide bonds. The second-order valence-corrected chi connectivity index (χ2v) is 13.4. The monoisotopic (exact) mass is 903 g/mol. The average molecular weight is 904 g/mol. The van der Waals surface area contributed by atoms with Gasteiger partial charge in [-0.2, -0.15) is 15.8 Å². The van der Waals surface area contributed by atoms with Crippen molar-refractivity contribution in [3.05, 3.63) is 29.8 Å². The van der Waals surface area contributed by atoms with E-state index in [0.29, 0.717) is 5.56 Å². The van der Waals surface area contributed by atoms with E-state index in [1.165, 1.54) is 17.0 Å². The van der Waals surface area contributed by atoms with E-state index >= 15 is 0 Å². The molecule has 23 heteroatoms. The number of carbonyl (C=O) groups excluding carboxylic acids is 3. The fraction of sp³-hybridized carbons (Fsp3) is 0.692. The van der Waals surface area contributed by atoms with Crippen molar-refractivity contribution in [1.29, 1.82) is 15.8 Å². The number of nitrogens with zero attached hydrogens (tertiary/aromatic N) is 4. The largest absolute Gasteiger partial charge is 0.425 e. The fourth-order valence-corrected chi connectivity index (χ4v) is 5.06. The van der Waals surface area contributed by atoms with Gasteiger partial charge in [-0.1, -0.05) is 39.8 Å². The highest BCUT2D eigenvalue weighted by Gasteiger charge is 2.30. The Morgan fingerprint density at radius 3 is 1.29 bits per heavy atom. The van der Waals surface area contributed by atoms with Crippen LogP contribution in [0.15, 0.2) is 24.3 Å². The summed E-state index contributed by atoms with van der Waals surface area (Å²) in [6.07, 6.45) is 4.66. The second kappa shape index (κ2) is 42.9. The minimum absolute atomic E-state index is 0.0279. The maximum atomic E-state index is 13.8. The molecule has 0 bridgehead atoms. The number of hydrogen-bond donors (Lipinski definition) is 4. The quantitative estimate of drug-likeness (QED) is 0.0413. The van der Waals surface area contributed by atoms with Gasteiger partial charge in [0, 0.05) is 26.3 Å². The molecule has 0 spiro atoms. The Morgan fingerprint density at radius 1 is 0.597 bits per heavy atom. The van der Waals surface area contributed by atoms with E-state index in [0.717, 1.165) is 6.66 Å². The lowest BCUT2D eigenvalue weighted by Crippen LogP contribution is -2.54. The molecule has 0 aliphatic carbocycles. The Balaban J connectivity index is 0. The molecular formula is C39H66N7O15P. The Labute approximate surface area is 365 Å². The van der Waals surface area contributed by atoms with Gasteiger partial charge in [-0.3, -0.25) is 19.3 Å². The Bertz CT molecular complexity index is 1410. The van der Waals surface area contributed by atoms with Crippen LogP contribution in [0.4, 0.5) is 0 Å². The second-order valence-electron chi connectivity index (χ2n) is 11.6. The number of ether oxygens (including phenoxy) is 9. The van der Waals surface area contributed by atoms with Crippen LogP contribution in [0.1, 0.15) is 33.3 Å². The van der Waals surface area contributed by atoms with Gasteiger partial charge in [-0.05, 0) is 24.1 Å². The Kier molecular flexibility index (Phi) is 41.0. The first kappa shape index (κ1) is 59.3. The lowest BCUT2D eigenvalue weighted by atomic mass is 10.0. The normalized spacial score (nSPS) is 11.6. The summed E-state index contributed by atoms with van der Waals surface area (Å²) in [5, 5.41) is 33.4. The molecule has 0 saturated heterocycles. The van der Waals surface area contributed by atoms with E-state index in [-0.39, 0.29) is 144 Å². The van der Waals surface area contributed by atoms with Gasteiger partial charge in [0.25, 0.3) is 18.8 Å². The lowest BCUT2D eigenvalue weighted by Gasteiger charge is -2.30. The van der Waals surface area contributed by atoms with Crippen molar-refractivity contribution in [3.63, 3.8) is 0 Å². The highest BCUT2D eigenvalue weighted by Crippen LogP contribution is 2.38. The number of hydrogen-bond acceptors (Lipinski definition) is 18. The zero-order valence-corrected chi connectivity index (χ0v) is 37.5. The van der Waals surface area contributed by atoms with Crippen molar-refractivity contribution >= 4 is 25.3 Å². The maximum absolute atomic E-state index is 13.8. The molecule has 2 unspecified atom stereocenters. The van der Waals surface area contributed by atoms with Gasteiger partial charge < -0.3 is 68.0 Å². The van der Waals surface area contributed by atoms with E-state index in [9.17, 15) is 23.8 Å². The fourth-order valence-electron chi connectivity index (χ4n) is 4.54. The number of carbonyl (C=O) groups is 3. The highest BCUT2D eigenvalue weighted by molar-refractivity contribution is 7.52. The maximum Gasteiger partial charge on any atom is 0.373 e. The van der Waals surface area contributed by atoms with E-state index in [1.54, 1.807) is 30.9 Å². The van der Waals surface area contributed by atoms with Crippen LogP contribution in [0.25, 0.3) is 0 Å². The molecule has 1 aromatic carbocycles. The van der Waals surface area contributed by atoms with Gasteiger partial charge >= 0.3 is 7.60 Å². The summed E-state index contributed by atoms with van der Waals surface area (Å²) in [6, 6.07) is 5.09. The van der Waals surface area contributed by atoms with E-state index in [1.807, 2.05) is 27.7 Å². The van der Waals surface area contributed by atoms with Gasteiger partial charge in [-0.25, -0.2) is 4.57 Å². The average Bonchev–Trinajstić information content (AvgIpc) is 3.26. The molecular weight excluding hydrogens is 837 g/mol. The summed E-state index contributed by atoms with van der Waals surface area (Å²) in [6.45, 7) is 11.6. The number of nitrogens with one attached hydrogen (secondary N) is 3. The van der Waals surface area contributed by atoms with Crippen molar-refractivity contribution in [2.45, 2.75) is 40.2 Å². The summed E-state index contributed by atoms with van der Waals surface area (Å²) in [5.74, 6) is -1.35. The molecule has 62 heavy (non-hydrogen) atoms. The van der Waals surface area contributed by atoms with Crippen molar-refractivity contribution in [2.75, 3.05) is 138 Å². The highest BCUT2D eigenvalue weighted by atomic mass is 31.2. The van der Waals surface area contributed by atoms with Crippen molar-refractivity contribution < 1.29 is 71.0 Å². The minimum atomic E-state index is -3.83. The van der Waals surface area contributed by atoms with Crippen molar-refractivity contribution in [3.8, 4) is 24.5 Å². The molecule has 0 fully saturated rings. The molecule has 0 aromatic heterocycles. The first-order valence-corrected chi connectivity index (χ1v) is 22.2. The molecule has 0 saturated carbocycles. The van der Waals surface area contributed by atoms with Crippen molar-refractivity contribution in [1.82, 2.24) is 20.9 Å². The van der Waals surface area contributed by atoms with Crippen LogP contribution in [-0.2, 0) is 68.0 Å². The SMILES string of the molecule is CC.CC.CP(=O)(O)Oc1ccc(CC(C(=O)NCCOCCOCCOC#N)N(CC(=O)NCCOCCOCCOC#N)CC(=O)NCCOCCOCCOC#N)cc1. The molecule has 0 aliphatic heterocycles. The summed E-state index contributed by atoms with van der Waals surface area (Å²) >= 11 is 0. The predicted molar refractivity (Wildman–Crippen MR) is 223 cm³/mol. The third-order valence-electron chi connectivity index (χ3n) is 7.05. The van der Waals surface area contributed by atoms with E-state index in [2.05, 4.69) is 30.2 Å². The number of nitriles is 3. The van der Waals surface area contributed by atoms with E-state index < -0.39 is 31.4 Å². The Morgan fingerprint density at radius 2 is 0.935 bits per heavy atom. The topological polar surface area (TPSA) is 292 Å². The zero-order valence-electron chi connectivity index (χ0n) is 36.6. The molecule has 0 heterocycles. The van der Waals surface area contributed by atoms with Crippen LogP contribution in [0.5, 0.6) is 5.75 Å². The number of rotatable bonds is 37. The molecule has 0 aliphatic rings. The summed E-state index contributed by atoms with van der Waals surface area (Å²) in [4.78, 5) is 51.2. The number of benzene rings is 1. The minimum Gasteiger partial charge on any atom is -0.425 e. The Hall–Kier alpha value is -4.79. The van der Waals surface area contributed by atoms with Gasteiger partial charge in [0.05, 0.1) is 98.4 Å². The molecule has 1 aromatic rings. The zero-order chi connectivity index (χ0) is 46.5. The van der Waals surface area contributed by atoms with Crippen LogP contribution < -0.4 is 20.5 Å². The smallest absolute Gasteiger partial charge is 0.373 e. The molecule has 1 rings (SSSR count). The third-order valence-corrected chi connectivity index (χ3v) is 7.60. The van der Waals surface area contributed by atoms with Crippen molar-refractivity contribution in [2.24, 2.45) is 0 Å². The molecule has 2 atom stereocenters. The van der Waals surface area contributed by atoms with Crippen LogP contribution in [0, 0.1) is 34.6 Å². The molecule has 0 radical (unpaired) electrons. The van der Waals surface area contributed by atoms with Gasteiger partial charge in [-0.15, -0.1) is 0 Å². The van der Waals surface area contributed by atoms with Gasteiger partial charge in [0.2, 0.25) is 17.7 Å². The van der Waals surface area contributed by atoms with Crippen LogP contribution in [-0.4, -0.2) is 172 Å². The first-order valence-electron chi connectivity index (χ1n) is 20.2. The van der Waals surface area contributed by atoms with E-state index in [4.69, 9.17) is 48.7 Å².